The van der Waals surface area contributed by atoms with Crippen molar-refractivity contribution in [2.75, 3.05) is 6.61 Å². The van der Waals surface area contributed by atoms with Crippen molar-refractivity contribution >= 4 is 48.8 Å². The first-order valence-corrected chi connectivity index (χ1v) is 6.76. The molecular weight excluding hydrogens is 366 g/mol. The summed E-state index contributed by atoms with van der Waals surface area (Å²) in [5.74, 6) is -0.552. The van der Waals surface area contributed by atoms with E-state index in [9.17, 15) is 4.79 Å². The van der Waals surface area contributed by atoms with Gasteiger partial charge in [-0.2, -0.15) is 0 Å². The molecule has 0 saturated heterocycles. The Morgan fingerprint density at radius 3 is 2.78 bits per heavy atom. The number of carbonyl (C=O) groups is 1. The second kappa shape index (κ2) is 5.24. The molecule has 0 unspecified atom stereocenters. The van der Waals surface area contributed by atoms with Crippen molar-refractivity contribution in [2.45, 2.75) is 6.92 Å². The van der Waals surface area contributed by atoms with E-state index in [4.69, 9.17) is 14.6 Å². The molecule has 0 amide bonds. The number of benzene rings is 1. The molecule has 0 saturated carbocycles. The van der Waals surface area contributed by atoms with Crippen LogP contribution in [0.1, 0.15) is 17.3 Å². The predicted octanol–water partition coefficient (Wildman–Crippen LogP) is 3.61. The summed E-state index contributed by atoms with van der Waals surface area (Å²) in [4.78, 5) is 11.7. The maximum absolute atomic E-state index is 11.7. The van der Waals surface area contributed by atoms with Crippen molar-refractivity contribution in [3.63, 3.8) is 0 Å². The highest BCUT2D eigenvalue weighted by molar-refractivity contribution is 9.11. The van der Waals surface area contributed by atoms with Gasteiger partial charge in [-0.25, -0.2) is 4.79 Å². The number of nitrogens with one attached hydrogen (secondary N) is 1. The van der Waals surface area contributed by atoms with Crippen molar-refractivity contribution in [2.24, 2.45) is 0 Å². The first-order valence-electron chi connectivity index (χ1n) is 5.17. The van der Waals surface area contributed by atoms with E-state index >= 15 is 0 Å². The summed E-state index contributed by atoms with van der Waals surface area (Å²) < 4.78 is 11.8. The molecule has 2 aromatic rings. The summed E-state index contributed by atoms with van der Waals surface area (Å²) in [6.45, 7) is 1.98. The highest BCUT2D eigenvalue weighted by Crippen LogP contribution is 2.28. The summed E-state index contributed by atoms with van der Waals surface area (Å²) in [5.41, 5.74) is 0.439. The third-order valence-electron chi connectivity index (χ3n) is 2.28. The molecule has 4 nitrogen and oxygen atoms in total. The minimum atomic E-state index is -0.552. The van der Waals surface area contributed by atoms with Crippen LogP contribution < -0.4 is 5.55 Å². The van der Waals surface area contributed by atoms with Gasteiger partial charge in [0.2, 0.25) is 5.55 Å². The summed E-state index contributed by atoms with van der Waals surface area (Å²) in [5, 5.41) is 8.43. The first kappa shape index (κ1) is 13.3. The first-order chi connectivity index (χ1) is 8.52. The Morgan fingerprint density at radius 1 is 1.39 bits per heavy atom. The molecule has 1 N–H and O–H groups in total. The lowest BCUT2D eigenvalue weighted by atomic mass is 10.2. The topological polar surface area (TPSA) is 63.3 Å². The zero-order valence-electron chi connectivity index (χ0n) is 9.42. The maximum atomic E-state index is 11.7. The van der Waals surface area contributed by atoms with Gasteiger partial charge >= 0.3 is 5.97 Å². The fourth-order valence-corrected chi connectivity index (χ4v) is 2.87. The van der Waals surface area contributed by atoms with Crippen molar-refractivity contribution in [3.05, 3.63) is 38.3 Å². The van der Waals surface area contributed by atoms with E-state index in [1.54, 1.807) is 13.0 Å². The molecule has 94 valence electrons. The molecule has 18 heavy (non-hydrogen) atoms. The van der Waals surface area contributed by atoms with Crippen molar-refractivity contribution in [3.8, 4) is 0 Å². The monoisotopic (exact) mass is 373 g/mol. The molecule has 0 aliphatic heterocycles. The molecule has 1 aromatic carbocycles. The van der Waals surface area contributed by atoms with E-state index in [0.29, 0.717) is 5.58 Å². The largest absolute Gasteiger partial charge is 0.462 e. The number of fused-ring (bicyclic) bond motifs is 1. The Bertz CT molecular complexity index is 679. The van der Waals surface area contributed by atoms with Crippen LogP contribution in [0.15, 0.2) is 31.6 Å². The molecule has 0 aliphatic rings. The smallest absolute Gasteiger partial charge is 0.343 e. The van der Waals surface area contributed by atoms with E-state index in [2.05, 4.69) is 31.9 Å². The van der Waals surface area contributed by atoms with Gasteiger partial charge in [-0.05, 0) is 41.1 Å². The lowest BCUT2D eigenvalue weighted by molar-refractivity contribution is 0.0521. The molecule has 0 aliphatic carbocycles. The molecule has 1 heterocycles. The Kier molecular flexibility index (Phi) is 3.87. The van der Waals surface area contributed by atoms with Gasteiger partial charge in [0.1, 0.15) is 5.56 Å². The van der Waals surface area contributed by atoms with E-state index < -0.39 is 5.97 Å². The number of carbonyl (C=O) groups excluding carboxylic acids is 1. The zero-order chi connectivity index (χ0) is 13.3. The fourth-order valence-electron chi connectivity index (χ4n) is 1.53. The Morgan fingerprint density at radius 2 is 2.11 bits per heavy atom. The zero-order valence-corrected chi connectivity index (χ0v) is 12.6. The molecule has 0 spiro atoms. The Labute approximate surface area is 120 Å². The van der Waals surface area contributed by atoms with Gasteiger partial charge in [-0.15, -0.1) is 0 Å². The van der Waals surface area contributed by atoms with Crippen LogP contribution in [-0.4, -0.2) is 12.6 Å². The number of esters is 1. The van der Waals surface area contributed by atoms with Gasteiger partial charge in [-0.1, -0.05) is 15.9 Å². The number of hydrogen-bond donors (Lipinski definition) is 1. The average Bonchev–Trinajstić information content (AvgIpc) is 2.29. The molecule has 1 aromatic heterocycles. The normalized spacial score (nSPS) is 10.6. The molecule has 2 rings (SSSR count). The number of rotatable bonds is 2. The summed E-state index contributed by atoms with van der Waals surface area (Å²) in [7, 11) is 0. The minimum absolute atomic E-state index is 0.120. The second-order valence-electron chi connectivity index (χ2n) is 3.52. The van der Waals surface area contributed by atoms with Gasteiger partial charge in [0.25, 0.3) is 0 Å². The molecule has 0 atom stereocenters. The standard InChI is InChI=1S/C12H9Br2NO3/c1-2-17-12(16)8-4-6-3-7(13)5-9(14)10(6)18-11(8)15/h3-5,15H,2H2,1H3. The van der Waals surface area contributed by atoms with Crippen LogP contribution in [0, 0.1) is 5.41 Å². The molecule has 0 radical (unpaired) electrons. The van der Waals surface area contributed by atoms with Crippen molar-refractivity contribution in [1.29, 1.82) is 5.41 Å². The SMILES string of the molecule is CCOC(=O)c1cc2cc(Br)cc(Br)c2oc1=N. The summed E-state index contributed by atoms with van der Waals surface area (Å²) >= 11 is 6.71. The van der Waals surface area contributed by atoms with Crippen molar-refractivity contribution in [1.82, 2.24) is 0 Å². The summed E-state index contributed by atoms with van der Waals surface area (Å²) in [6.07, 6.45) is 0. The van der Waals surface area contributed by atoms with E-state index in [1.807, 2.05) is 12.1 Å². The van der Waals surface area contributed by atoms with Gasteiger partial charge in [-0.3, -0.25) is 5.41 Å². The van der Waals surface area contributed by atoms with E-state index in [-0.39, 0.29) is 17.7 Å². The average molecular weight is 375 g/mol. The van der Waals surface area contributed by atoms with Gasteiger partial charge in [0, 0.05) is 9.86 Å². The number of ether oxygens (including phenoxy) is 1. The highest BCUT2D eigenvalue weighted by Gasteiger charge is 2.14. The van der Waals surface area contributed by atoms with Gasteiger partial charge in [0.05, 0.1) is 11.1 Å². The van der Waals surface area contributed by atoms with Gasteiger partial charge in [0.15, 0.2) is 5.58 Å². The third-order valence-corrected chi connectivity index (χ3v) is 3.33. The van der Waals surface area contributed by atoms with Crippen LogP contribution in [0.5, 0.6) is 0 Å². The quantitative estimate of drug-likeness (QED) is 0.816. The highest BCUT2D eigenvalue weighted by atomic mass is 79.9. The van der Waals surface area contributed by atoms with Crippen LogP contribution in [-0.2, 0) is 4.74 Å². The third kappa shape index (κ3) is 2.49. The molecule has 0 bridgehead atoms. The van der Waals surface area contributed by atoms with Crippen LogP contribution >= 0.6 is 31.9 Å². The Hall–Kier alpha value is -1.14. The predicted molar refractivity (Wildman–Crippen MR) is 73.4 cm³/mol. The minimum Gasteiger partial charge on any atom is -0.462 e. The Balaban J connectivity index is 2.68. The molecule has 6 heteroatoms. The lowest BCUT2D eigenvalue weighted by Crippen LogP contribution is -2.16. The fraction of sp³-hybridized carbons (Fsp3) is 0.167. The van der Waals surface area contributed by atoms with Gasteiger partial charge < -0.3 is 9.15 Å². The molecule has 0 fully saturated rings. The van der Waals surface area contributed by atoms with Crippen LogP contribution in [0.2, 0.25) is 0 Å². The number of halogens is 2. The van der Waals surface area contributed by atoms with E-state index in [0.717, 1.165) is 14.3 Å². The number of hydrogen-bond acceptors (Lipinski definition) is 4. The van der Waals surface area contributed by atoms with Crippen LogP contribution in [0.3, 0.4) is 0 Å². The van der Waals surface area contributed by atoms with Crippen LogP contribution in [0.25, 0.3) is 11.0 Å². The maximum Gasteiger partial charge on any atom is 0.343 e. The van der Waals surface area contributed by atoms with Crippen LogP contribution in [0.4, 0.5) is 0 Å². The summed E-state index contributed by atoms with van der Waals surface area (Å²) in [6, 6.07) is 5.22. The lowest BCUT2D eigenvalue weighted by Gasteiger charge is -2.05. The molecular formula is C12H9Br2NO3. The van der Waals surface area contributed by atoms with Crippen molar-refractivity contribution < 1.29 is 13.9 Å². The second-order valence-corrected chi connectivity index (χ2v) is 5.29. The van der Waals surface area contributed by atoms with E-state index in [1.165, 1.54) is 0 Å².